The van der Waals surface area contributed by atoms with Crippen molar-refractivity contribution in [2.75, 3.05) is 0 Å². The first-order valence-corrected chi connectivity index (χ1v) is 6.41. The Kier molecular flexibility index (Phi) is 4.37. The molecule has 0 saturated heterocycles. The van der Waals surface area contributed by atoms with Gasteiger partial charge >= 0.3 is 6.36 Å². The summed E-state index contributed by atoms with van der Waals surface area (Å²) in [7, 11) is 0. The minimum absolute atomic E-state index is 0.136. The Morgan fingerprint density at radius 3 is 2.00 bits per heavy atom. The Morgan fingerprint density at radius 2 is 1.45 bits per heavy atom. The number of alkyl halides is 3. The van der Waals surface area contributed by atoms with Gasteiger partial charge in [0.25, 0.3) is 0 Å². The number of hydrogen-bond acceptors (Lipinski definition) is 1. The van der Waals surface area contributed by atoms with Gasteiger partial charge in [-0.05, 0) is 18.2 Å². The van der Waals surface area contributed by atoms with Crippen LogP contribution in [0.2, 0.25) is 15.1 Å². The van der Waals surface area contributed by atoms with E-state index in [2.05, 4.69) is 4.74 Å². The van der Waals surface area contributed by atoms with Crippen molar-refractivity contribution in [2.24, 2.45) is 0 Å². The number of halogens is 6. The summed E-state index contributed by atoms with van der Waals surface area (Å²) in [6, 6.07) is 8.39. The van der Waals surface area contributed by atoms with E-state index in [0.717, 1.165) is 0 Å². The zero-order valence-electron chi connectivity index (χ0n) is 9.64. The van der Waals surface area contributed by atoms with E-state index in [1.807, 2.05) is 0 Å². The van der Waals surface area contributed by atoms with Gasteiger partial charge in [0.1, 0.15) is 5.75 Å². The van der Waals surface area contributed by atoms with Crippen LogP contribution in [0, 0.1) is 0 Å². The van der Waals surface area contributed by atoms with Gasteiger partial charge in [-0.3, -0.25) is 0 Å². The van der Waals surface area contributed by atoms with E-state index in [9.17, 15) is 13.2 Å². The molecule has 2 aromatic carbocycles. The Morgan fingerprint density at radius 1 is 0.900 bits per heavy atom. The molecular formula is C13H6Cl3F3O. The molecule has 106 valence electrons. The highest BCUT2D eigenvalue weighted by Crippen LogP contribution is 2.42. The van der Waals surface area contributed by atoms with E-state index in [0.29, 0.717) is 0 Å². The zero-order chi connectivity index (χ0) is 14.9. The second-order valence-electron chi connectivity index (χ2n) is 3.79. The van der Waals surface area contributed by atoms with Crippen molar-refractivity contribution in [3.05, 3.63) is 51.5 Å². The molecule has 0 saturated carbocycles. The van der Waals surface area contributed by atoms with Gasteiger partial charge < -0.3 is 4.74 Å². The third-order valence-electron chi connectivity index (χ3n) is 2.39. The van der Waals surface area contributed by atoms with Crippen LogP contribution >= 0.6 is 34.8 Å². The largest absolute Gasteiger partial charge is 0.573 e. The molecule has 0 fully saturated rings. The van der Waals surface area contributed by atoms with Crippen molar-refractivity contribution < 1.29 is 17.9 Å². The number of rotatable bonds is 2. The van der Waals surface area contributed by atoms with E-state index < -0.39 is 6.36 Å². The molecule has 0 aliphatic carbocycles. The van der Waals surface area contributed by atoms with Gasteiger partial charge in [0.2, 0.25) is 0 Å². The molecule has 0 heterocycles. The van der Waals surface area contributed by atoms with Crippen LogP contribution in [-0.4, -0.2) is 6.36 Å². The van der Waals surface area contributed by atoms with Crippen LogP contribution in [0.5, 0.6) is 5.75 Å². The van der Waals surface area contributed by atoms with Gasteiger partial charge in [0.15, 0.2) is 0 Å². The standard InChI is InChI=1S/C13H6Cl3F3O/c14-7-5-9(15)12(10(16)6-7)8-3-1-2-4-11(8)20-13(17,18)19/h1-6H. The molecule has 0 bridgehead atoms. The quantitative estimate of drug-likeness (QED) is 0.631. The van der Waals surface area contributed by atoms with Gasteiger partial charge in [0, 0.05) is 16.1 Å². The van der Waals surface area contributed by atoms with E-state index in [1.54, 1.807) is 6.07 Å². The monoisotopic (exact) mass is 340 g/mol. The lowest BCUT2D eigenvalue weighted by molar-refractivity contribution is -0.274. The highest BCUT2D eigenvalue weighted by atomic mass is 35.5. The lowest BCUT2D eigenvalue weighted by Crippen LogP contribution is -2.17. The molecule has 0 unspecified atom stereocenters. The van der Waals surface area contributed by atoms with Crippen molar-refractivity contribution in [3.63, 3.8) is 0 Å². The Bertz CT molecular complexity index is 618. The number of hydrogen-bond donors (Lipinski definition) is 0. The van der Waals surface area contributed by atoms with Gasteiger partial charge in [0.05, 0.1) is 10.0 Å². The van der Waals surface area contributed by atoms with Crippen LogP contribution in [0.1, 0.15) is 0 Å². The fraction of sp³-hybridized carbons (Fsp3) is 0.0769. The molecule has 0 amide bonds. The van der Waals surface area contributed by atoms with E-state index >= 15 is 0 Å². The molecule has 0 aromatic heterocycles. The summed E-state index contributed by atoms with van der Waals surface area (Å²) in [5.41, 5.74) is 0.370. The molecule has 2 rings (SSSR count). The summed E-state index contributed by atoms with van der Waals surface area (Å²) in [4.78, 5) is 0. The smallest absolute Gasteiger partial charge is 0.405 e. The lowest BCUT2D eigenvalue weighted by Gasteiger charge is -2.15. The maximum absolute atomic E-state index is 12.4. The highest BCUT2D eigenvalue weighted by Gasteiger charge is 2.32. The molecule has 7 heteroatoms. The number of para-hydroxylation sites is 1. The van der Waals surface area contributed by atoms with E-state index in [1.165, 1.54) is 30.3 Å². The first-order chi connectivity index (χ1) is 9.28. The number of benzene rings is 2. The molecule has 0 spiro atoms. The average molecular weight is 342 g/mol. The van der Waals surface area contributed by atoms with Crippen molar-refractivity contribution in [1.29, 1.82) is 0 Å². The third kappa shape index (κ3) is 3.51. The summed E-state index contributed by atoms with van der Waals surface area (Å²) in [6.45, 7) is 0. The molecule has 0 atom stereocenters. The Labute approximate surface area is 127 Å². The predicted octanol–water partition coefficient (Wildman–Crippen LogP) is 6.21. The summed E-state index contributed by atoms with van der Waals surface area (Å²) >= 11 is 17.8. The number of ether oxygens (including phenoxy) is 1. The Balaban J connectivity index is 2.59. The summed E-state index contributed by atoms with van der Waals surface area (Å²) < 4.78 is 41.2. The fourth-order valence-electron chi connectivity index (χ4n) is 1.69. The second kappa shape index (κ2) is 5.72. The first kappa shape index (κ1) is 15.3. The van der Waals surface area contributed by atoms with Crippen LogP contribution in [0.15, 0.2) is 36.4 Å². The molecule has 20 heavy (non-hydrogen) atoms. The zero-order valence-corrected chi connectivity index (χ0v) is 11.9. The van der Waals surface area contributed by atoms with Crippen molar-refractivity contribution in [1.82, 2.24) is 0 Å². The normalized spacial score (nSPS) is 11.5. The van der Waals surface area contributed by atoms with E-state index in [-0.39, 0.29) is 31.9 Å². The van der Waals surface area contributed by atoms with Gasteiger partial charge in [-0.2, -0.15) is 0 Å². The van der Waals surface area contributed by atoms with Crippen molar-refractivity contribution in [2.45, 2.75) is 6.36 Å². The molecule has 0 N–H and O–H groups in total. The molecule has 0 aliphatic heterocycles. The van der Waals surface area contributed by atoms with Gasteiger partial charge in [-0.25, -0.2) is 0 Å². The minimum atomic E-state index is -4.80. The molecule has 0 aliphatic rings. The average Bonchev–Trinajstić information content (AvgIpc) is 2.28. The topological polar surface area (TPSA) is 9.23 Å². The maximum atomic E-state index is 12.4. The van der Waals surface area contributed by atoms with Crippen LogP contribution in [0.3, 0.4) is 0 Å². The van der Waals surface area contributed by atoms with E-state index in [4.69, 9.17) is 34.8 Å². The second-order valence-corrected chi connectivity index (χ2v) is 5.04. The molecule has 1 nitrogen and oxygen atoms in total. The molecule has 2 aromatic rings. The van der Waals surface area contributed by atoms with Gasteiger partial charge in [-0.1, -0.05) is 53.0 Å². The summed E-state index contributed by atoms with van der Waals surface area (Å²) in [5, 5.41) is 0.569. The molecule has 0 radical (unpaired) electrons. The fourth-order valence-corrected chi connectivity index (χ4v) is 2.71. The predicted molar refractivity (Wildman–Crippen MR) is 73.6 cm³/mol. The Hall–Kier alpha value is -1.10. The first-order valence-electron chi connectivity index (χ1n) is 5.27. The van der Waals surface area contributed by atoms with Crippen LogP contribution in [-0.2, 0) is 0 Å². The highest BCUT2D eigenvalue weighted by molar-refractivity contribution is 6.41. The summed E-state index contributed by atoms with van der Waals surface area (Å²) in [5.74, 6) is -0.383. The minimum Gasteiger partial charge on any atom is -0.405 e. The summed E-state index contributed by atoms with van der Waals surface area (Å²) in [6.07, 6.45) is -4.80. The van der Waals surface area contributed by atoms with Crippen LogP contribution in [0.25, 0.3) is 11.1 Å². The maximum Gasteiger partial charge on any atom is 0.573 e. The SMILES string of the molecule is FC(F)(F)Oc1ccccc1-c1c(Cl)cc(Cl)cc1Cl. The van der Waals surface area contributed by atoms with Gasteiger partial charge in [-0.15, -0.1) is 13.2 Å². The lowest BCUT2D eigenvalue weighted by atomic mass is 10.0. The third-order valence-corrected chi connectivity index (χ3v) is 3.20. The van der Waals surface area contributed by atoms with Crippen molar-refractivity contribution in [3.8, 4) is 16.9 Å². The van der Waals surface area contributed by atoms with Crippen molar-refractivity contribution >= 4 is 34.8 Å². The van der Waals surface area contributed by atoms with Crippen LogP contribution < -0.4 is 4.74 Å². The molecular weight excluding hydrogens is 335 g/mol. The van der Waals surface area contributed by atoms with Crippen LogP contribution in [0.4, 0.5) is 13.2 Å².